The standard InChI is InChI=1S/C19H20N4O2/c1-2-14-5-9-17(10-6-14)20-19(25)16-7-3-15(4-8-16)11-23-12-18(13-24)21-22-23/h3-10,12,24H,2,11,13H2,1H3,(H,20,25). The first kappa shape index (κ1) is 16.9. The largest absolute Gasteiger partial charge is 0.390 e. The van der Waals surface area contributed by atoms with Crippen LogP contribution >= 0.6 is 0 Å². The number of amides is 1. The predicted molar refractivity (Wildman–Crippen MR) is 95.3 cm³/mol. The highest BCUT2D eigenvalue weighted by atomic mass is 16.3. The van der Waals surface area contributed by atoms with Crippen LogP contribution in [0, 0.1) is 0 Å². The number of anilines is 1. The number of aromatic nitrogens is 3. The van der Waals surface area contributed by atoms with Crippen LogP contribution in [0.3, 0.4) is 0 Å². The van der Waals surface area contributed by atoms with Crippen molar-refractivity contribution in [1.82, 2.24) is 15.0 Å². The van der Waals surface area contributed by atoms with E-state index < -0.39 is 0 Å². The maximum Gasteiger partial charge on any atom is 0.255 e. The van der Waals surface area contributed by atoms with E-state index in [4.69, 9.17) is 5.11 Å². The lowest BCUT2D eigenvalue weighted by molar-refractivity contribution is 0.102. The highest BCUT2D eigenvalue weighted by Crippen LogP contribution is 2.13. The zero-order chi connectivity index (χ0) is 17.6. The first-order chi connectivity index (χ1) is 12.2. The number of hydrogen-bond acceptors (Lipinski definition) is 4. The molecule has 0 bridgehead atoms. The molecule has 1 amide bonds. The quantitative estimate of drug-likeness (QED) is 0.725. The summed E-state index contributed by atoms with van der Waals surface area (Å²) in [5.41, 5.74) is 4.14. The van der Waals surface area contributed by atoms with Crippen LogP contribution in [0.2, 0.25) is 0 Å². The van der Waals surface area contributed by atoms with Gasteiger partial charge in [-0.2, -0.15) is 0 Å². The molecule has 0 spiro atoms. The third kappa shape index (κ3) is 4.30. The van der Waals surface area contributed by atoms with E-state index in [1.807, 2.05) is 36.4 Å². The second kappa shape index (κ2) is 7.72. The molecule has 6 heteroatoms. The van der Waals surface area contributed by atoms with E-state index in [0.29, 0.717) is 17.8 Å². The Bertz CT molecular complexity index is 839. The Hall–Kier alpha value is -2.99. The van der Waals surface area contributed by atoms with Gasteiger partial charge in [-0.15, -0.1) is 5.10 Å². The molecular formula is C19H20N4O2. The summed E-state index contributed by atoms with van der Waals surface area (Å²) in [6, 6.07) is 15.2. The summed E-state index contributed by atoms with van der Waals surface area (Å²) in [6.45, 7) is 2.50. The predicted octanol–water partition coefficient (Wildman–Crippen LogP) is 2.63. The van der Waals surface area contributed by atoms with E-state index in [2.05, 4.69) is 22.6 Å². The second-order valence-corrected chi connectivity index (χ2v) is 5.77. The van der Waals surface area contributed by atoms with Crippen molar-refractivity contribution in [2.45, 2.75) is 26.5 Å². The van der Waals surface area contributed by atoms with Crippen LogP contribution in [-0.2, 0) is 19.6 Å². The highest BCUT2D eigenvalue weighted by molar-refractivity contribution is 6.04. The van der Waals surface area contributed by atoms with Gasteiger partial charge < -0.3 is 10.4 Å². The van der Waals surface area contributed by atoms with Gasteiger partial charge in [0.05, 0.1) is 19.3 Å². The summed E-state index contributed by atoms with van der Waals surface area (Å²) in [7, 11) is 0. The van der Waals surface area contributed by atoms with Crippen molar-refractivity contribution < 1.29 is 9.90 Å². The van der Waals surface area contributed by atoms with Gasteiger partial charge in [-0.1, -0.05) is 36.4 Å². The van der Waals surface area contributed by atoms with Crippen molar-refractivity contribution in [2.75, 3.05) is 5.32 Å². The molecule has 128 valence electrons. The Labute approximate surface area is 146 Å². The van der Waals surface area contributed by atoms with Gasteiger partial charge in [-0.25, -0.2) is 4.68 Å². The van der Waals surface area contributed by atoms with Gasteiger partial charge in [-0.05, 0) is 41.8 Å². The van der Waals surface area contributed by atoms with E-state index in [1.54, 1.807) is 23.0 Å². The number of carbonyl (C=O) groups is 1. The molecule has 1 heterocycles. The number of hydrogen-bond donors (Lipinski definition) is 2. The maximum absolute atomic E-state index is 12.3. The molecule has 0 aliphatic rings. The Balaban J connectivity index is 1.63. The monoisotopic (exact) mass is 336 g/mol. The van der Waals surface area contributed by atoms with Crippen molar-refractivity contribution in [3.05, 3.63) is 77.1 Å². The summed E-state index contributed by atoms with van der Waals surface area (Å²) in [4.78, 5) is 12.3. The molecule has 0 aliphatic carbocycles. The van der Waals surface area contributed by atoms with Gasteiger partial charge in [0, 0.05) is 11.3 Å². The maximum atomic E-state index is 12.3. The number of carbonyl (C=O) groups excluding carboxylic acids is 1. The van der Waals surface area contributed by atoms with E-state index in [0.717, 1.165) is 17.7 Å². The van der Waals surface area contributed by atoms with Crippen molar-refractivity contribution in [1.29, 1.82) is 0 Å². The fourth-order valence-electron chi connectivity index (χ4n) is 2.46. The first-order valence-corrected chi connectivity index (χ1v) is 8.17. The number of benzene rings is 2. The van der Waals surface area contributed by atoms with Crippen molar-refractivity contribution in [3.8, 4) is 0 Å². The van der Waals surface area contributed by atoms with Gasteiger partial charge >= 0.3 is 0 Å². The number of nitrogens with zero attached hydrogens (tertiary/aromatic N) is 3. The summed E-state index contributed by atoms with van der Waals surface area (Å²) < 4.78 is 1.65. The Morgan fingerprint density at radius 3 is 2.36 bits per heavy atom. The minimum atomic E-state index is -0.140. The molecule has 3 rings (SSSR count). The molecule has 0 fully saturated rings. The Morgan fingerprint density at radius 2 is 1.76 bits per heavy atom. The summed E-state index contributed by atoms with van der Waals surface area (Å²) in [5, 5.41) is 19.7. The van der Waals surface area contributed by atoms with Crippen molar-refractivity contribution in [2.24, 2.45) is 0 Å². The zero-order valence-corrected chi connectivity index (χ0v) is 14.0. The molecule has 6 nitrogen and oxygen atoms in total. The van der Waals surface area contributed by atoms with E-state index in [9.17, 15) is 4.79 Å². The Morgan fingerprint density at radius 1 is 1.08 bits per heavy atom. The first-order valence-electron chi connectivity index (χ1n) is 8.17. The van der Waals surface area contributed by atoms with Gasteiger partial charge in [-0.3, -0.25) is 4.79 Å². The molecule has 0 atom stereocenters. The average Bonchev–Trinajstić information content (AvgIpc) is 3.10. The summed E-state index contributed by atoms with van der Waals surface area (Å²) in [6.07, 6.45) is 2.67. The molecule has 0 aliphatic heterocycles. The van der Waals surface area contributed by atoms with E-state index in [-0.39, 0.29) is 12.5 Å². The topological polar surface area (TPSA) is 80.0 Å². The van der Waals surface area contributed by atoms with Gasteiger partial charge in [0.25, 0.3) is 5.91 Å². The van der Waals surface area contributed by atoms with Crippen LogP contribution in [0.1, 0.15) is 34.1 Å². The van der Waals surface area contributed by atoms with Gasteiger partial charge in [0.2, 0.25) is 0 Å². The smallest absolute Gasteiger partial charge is 0.255 e. The average molecular weight is 336 g/mol. The van der Waals surface area contributed by atoms with Crippen molar-refractivity contribution >= 4 is 11.6 Å². The molecule has 0 saturated carbocycles. The number of aryl methyl sites for hydroxylation is 1. The highest BCUT2D eigenvalue weighted by Gasteiger charge is 2.07. The van der Waals surface area contributed by atoms with Crippen LogP contribution in [0.15, 0.2) is 54.7 Å². The van der Waals surface area contributed by atoms with Gasteiger partial charge in [0.15, 0.2) is 0 Å². The van der Waals surface area contributed by atoms with Gasteiger partial charge in [0.1, 0.15) is 5.69 Å². The van der Waals surface area contributed by atoms with E-state index >= 15 is 0 Å². The molecule has 3 aromatic rings. The lowest BCUT2D eigenvalue weighted by atomic mass is 10.1. The minimum Gasteiger partial charge on any atom is -0.390 e. The Kier molecular flexibility index (Phi) is 5.20. The molecule has 0 unspecified atom stereocenters. The molecule has 2 N–H and O–H groups in total. The normalized spacial score (nSPS) is 10.6. The molecule has 2 aromatic carbocycles. The fourth-order valence-corrected chi connectivity index (χ4v) is 2.46. The summed E-state index contributed by atoms with van der Waals surface area (Å²) >= 11 is 0. The molecule has 25 heavy (non-hydrogen) atoms. The fraction of sp³-hybridized carbons (Fsp3) is 0.211. The van der Waals surface area contributed by atoms with E-state index in [1.165, 1.54) is 5.56 Å². The van der Waals surface area contributed by atoms with Crippen LogP contribution in [0.25, 0.3) is 0 Å². The number of aliphatic hydroxyl groups excluding tert-OH is 1. The van der Waals surface area contributed by atoms with Crippen molar-refractivity contribution in [3.63, 3.8) is 0 Å². The number of aliphatic hydroxyl groups is 1. The number of rotatable bonds is 6. The van der Waals surface area contributed by atoms with Crippen LogP contribution < -0.4 is 5.32 Å². The third-order valence-corrected chi connectivity index (χ3v) is 3.93. The molecule has 1 aromatic heterocycles. The van der Waals surface area contributed by atoms with Crippen LogP contribution in [0.5, 0.6) is 0 Å². The lowest BCUT2D eigenvalue weighted by Crippen LogP contribution is -2.12. The van der Waals surface area contributed by atoms with Crippen LogP contribution in [-0.4, -0.2) is 26.0 Å². The van der Waals surface area contributed by atoms with Crippen LogP contribution in [0.4, 0.5) is 5.69 Å². The summed E-state index contributed by atoms with van der Waals surface area (Å²) in [5.74, 6) is -0.140. The molecule has 0 radical (unpaired) electrons. The lowest BCUT2D eigenvalue weighted by Gasteiger charge is -2.07. The molecule has 0 saturated heterocycles. The molecular weight excluding hydrogens is 316 g/mol. The zero-order valence-electron chi connectivity index (χ0n) is 14.0. The third-order valence-electron chi connectivity index (χ3n) is 3.93. The number of nitrogens with one attached hydrogen (secondary N) is 1. The SMILES string of the molecule is CCc1ccc(NC(=O)c2ccc(Cn3cc(CO)nn3)cc2)cc1. The second-order valence-electron chi connectivity index (χ2n) is 5.77. The minimum absolute atomic E-state index is 0.127.